The Balaban J connectivity index is 2.30. The van der Waals surface area contributed by atoms with E-state index in [1.807, 2.05) is 6.20 Å². The summed E-state index contributed by atoms with van der Waals surface area (Å²) >= 11 is 3.61. The molecule has 2 rings (SSSR count). The van der Waals surface area contributed by atoms with Crippen molar-refractivity contribution < 1.29 is 9.57 Å². The van der Waals surface area contributed by atoms with Crippen molar-refractivity contribution in [2.45, 2.75) is 24.1 Å². The predicted molar refractivity (Wildman–Crippen MR) is 54.0 cm³/mol. The van der Waals surface area contributed by atoms with Gasteiger partial charge < -0.3 is 0 Å². The molecule has 0 N–H and O–H groups in total. The van der Waals surface area contributed by atoms with Crippen LogP contribution < -0.4 is 9.57 Å². The molecule has 0 amide bonds. The smallest absolute Gasteiger partial charge is 0.225 e. The van der Waals surface area contributed by atoms with Crippen LogP contribution in [0.25, 0.3) is 0 Å². The third-order valence-electron chi connectivity index (χ3n) is 2.35. The summed E-state index contributed by atoms with van der Waals surface area (Å²) in [7, 11) is 1.68. The highest BCUT2D eigenvalue weighted by Crippen LogP contribution is 2.46. The van der Waals surface area contributed by atoms with Crippen LogP contribution in [0.2, 0.25) is 0 Å². The Morgan fingerprint density at radius 3 is 2.77 bits per heavy atom. The lowest BCUT2D eigenvalue weighted by Crippen LogP contribution is -2.40. The number of halogens is 1. The van der Waals surface area contributed by atoms with E-state index >= 15 is 0 Å². The van der Waals surface area contributed by atoms with Crippen molar-refractivity contribution in [2.24, 2.45) is 0 Å². The highest BCUT2D eigenvalue weighted by atomic mass is 79.9. The van der Waals surface area contributed by atoms with Gasteiger partial charge in [-0.15, -0.1) is 0 Å². The SMILES string of the molecule is CO[n+]1cc(C)cc(C2CC2Br)c1. The van der Waals surface area contributed by atoms with Gasteiger partial charge in [0.2, 0.25) is 12.4 Å². The van der Waals surface area contributed by atoms with E-state index in [0.29, 0.717) is 10.7 Å². The minimum absolute atomic E-state index is 0.666. The summed E-state index contributed by atoms with van der Waals surface area (Å²) in [5.41, 5.74) is 2.61. The van der Waals surface area contributed by atoms with Crippen LogP contribution in [-0.4, -0.2) is 11.9 Å². The van der Waals surface area contributed by atoms with Gasteiger partial charge in [0.1, 0.15) is 7.11 Å². The number of hydrogen-bond donors (Lipinski definition) is 0. The van der Waals surface area contributed by atoms with E-state index in [0.717, 1.165) is 0 Å². The van der Waals surface area contributed by atoms with Crippen LogP contribution in [0, 0.1) is 6.92 Å². The first-order valence-electron chi connectivity index (χ1n) is 4.42. The molecule has 0 aliphatic heterocycles. The van der Waals surface area contributed by atoms with E-state index in [4.69, 9.17) is 4.84 Å². The number of aryl methyl sites for hydroxylation is 1. The maximum Gasteiger partial charge on any atom is 0.225 e. The van der Waals surface area contributed by atoms with Crippen molar-refractivity contribution >= 4 is 15.9 Å². The first-order valence-corrected chi connectivity index (χ1v) is 5.33. The summed E-state index contributed by atoms with van der Waals surface area (Å²) in [5.74, 6) is 0.682. The van der Waals surface area contributed by atoms with Crippen molar-refractivity contribution in [1.82, 2.24) is 0 Å². The normalized spacial score (nSPS) is 25.8. The fourth-order valence-corrected chi connectivity index (χ4v) is 2.25. The molecule has 0 saturated heterocycles. The lowest BCUT2D eigenvalue weighted by molar-refractivity contribution is -0.886. The molecule has 2 unspecified atom stereocenters. The van der Waals surface area contributed by atoms with Gasteiger partial charge in [-0.25, -0.2) is 0 Å². The molecular formula is C10H13BrNO+. The summed E-state index contributed by atoms with van der Waals surface area (Å²) in [6.07, 6.45) is 5.28. The molecule has 1 fully saturated rings. The zero-order chi connectivity index (χ0) is 9.42. The van der Waals surface area contributed by atoms with Gasteiger partial charge in [0.05, 0.1) is 0 Å². The van der Waals surface area contributed by atoms with E-state index in [9.17, 15) is 0 Å². The minimum Gasteiger partial charge on any atom is -0.275 e. The van der Waals surface area contributed by atoms with Gasteiger partial charge in [0.15, 0.2) is 0 Å². The van der Waals surface area contributed by atoms with Gasteiger partial charge in [0, 0.05) is 26.6 Å². The standard InChI is InChI=1S/C10H13BrNO/c1-7-3-8(9-4-10(9)11)6-12(5-7)13-2/h3,5-6,9-10H,4H2,1-2H3/q+1. The van der Waals surface area contributed by atoms with Gasteiger partial charge in [-0.05, 0) is 19.4 Å². The molecule has 0 aromatic carbocycles. The van der Waals surface area contributed by atoms with Crippen LogP contribution in [0.5, 0.6) is 0 Å². The molecule has 0 radical (unpaired) electrons. The van der Waals surface area contributed by atoms with E-state index in [2.05, 4.69) is 35.1 Å². The molecule has 13 heavy (non-hydrogen) atoms. The largest absolute Gasteiger partial charge is 0.275 e. The van der Waals surface area contributed by atoms with Crippen molar-refractivity contribution in [3.05, 3.63) is 29.6 Å². The fraction of sp³-hybridized carbons (Fsp3) is 0.500. The Kier molecular flexibility index (Phi) is 2.28. The maximum absolute atomic E-state index is 5.15. The van der Waals surface area contributed by atoms with Crippen molar-refractivity contribution in [2.75, 3.05) is 7.11 Å². The number of nitrogens with zero attached hydrogens (tertiary/aromatic N) is 1. The summed E-state index contributed by atoms with van der Waals surface area (Å²) in [4.78, 5) is 5.82. The van der Waals surface area contributed by atoms with Crippen LogP contribution in [0.4, 0.5) is 0 Å². The van der Waals surface area contributed by atoms with Gasteiger partial charge in [-0.1, -0.05) is 15.9 Å². The highest BCUT2D eigenvalue weighted by molar-refractivity contribution is 9.09. The number of alkyl halides is 1. The summed E-state index contributed by atoms with van der Waals surface area (Å²) in [6, 6.07) is 2.22. The topological polar surface area (TPSA) is 13.1 Å². The number of hydrogen-bond acceptors (Lipinski definition) is 1. The van der Waals surface area contributed by atoms with Crippen LogP contribution in [0.15, 0.2) is 18.5 Å². The molecule has 1 aromatic rings. The zero-order valence-electron chi connectivity index (χ0n) is 7.83. The Bertz CT molecular complexity index is 327. The average molecular weight is 243 g/mol. The second-order valence-corrected chi connectivity index (χ2v) is 4.72. The van der Waals surface area contributed by atoms with Gasteiger partial charge in [-0.3, -0.25) is 4.84 Å². The first-order chi connectivity index (χ1) is 6.20. The minimum atomic E-state index is 0.666. The highest BCUT2D eigenvalue weighted by Gasteiger charge is 2.37. The molecule has 2 atom stereocenters. The molecule has 1 aliphatic rings. The predicted octanol–water partition coefficient (Wildman–Crippen LogP) is 1.59. The molecule has 1 saturated carbocycles. The van der Waals surface area contributed by atoms with E-state index in [1.54, 1.807) is 11.8 Å². The number of aromatic nitrogens is 1. The van der Waals surface area contributed by atoms with Crippen molar-refractivity contribution in [3.8, 4) is 0 Å². The molecule has 1 heterocycles. The average Bonchev–Trinajstić information content (AvgIpc) is 2.81. The lowest BCUT2D eigenvalue weighted by Gasteiger charge is -1.98. The third-order valence-corrected chi connectivity index (χ3v) is 3.37. The molecule has 2 nitrogen and oxygen atoms in total. The molecule has 70 valence electrons. The van der Waals surface area contributed by atoms with Crippen LogP contribution in [0.3, 0.4) is 0 Å². The van der Waals surface area contributed by atoms with E-state index < -0.39 is 0 Å². The second kappa shape index (κ2) is 3.29. The fourth-order valence-electron chi connectivity index (χ4n) is 1.54. The van der Waals surface area contributed by atoms with Gasteiger partial charge >= 0.3 is 0 Å². The Morgan fingerprint density at radius 1 is 1.54 bits per heavy atom. The monoisotopic (exact) mass is 242 g/mol. The summed E-state index contributed by atoms with van der Waals surface area (Å²) in [6.45, 7) is 2.09. The Morgan fingerprint density at radius 2 is 2.23 bits per heavy atom. The third kappa shape index (κ3) is 1.85. The van der Waals surface area contributed by atoms with Crippen LogP contribution in [0.1, 0.15) is 23.5 Å². The van der Waals surface area contributed by atoms with Crippen molar-refractivity contribution in [3.63, 3.8) is 0 Å². The summed E-state index contributed by atoms with van der Waals surface area (Å²) in [5, 5.41) is 0. The molecule has 0 spiro atoms. The molecular weight excluding hydrogens is 230 g/mol. The van der Waals surface area contributed by atoms with Crippen molar-refractivity contribution in [1.29, 1.82) is 0 Å². The molecule has 3 heteroatoms. The van der Waals surface area contributed by atoms with Crippen LogP contribution >= 0.6 is 15.9 Å². The number of pyridine rings is 1. The number of rotatable bonds is 2. The second-order valence-electron chi connectivity index (χ2n) is 3.55. The Hall–Kier alpha value is -0.570. The first kappa shape index (κ1) is 9.00. The quantitative estimate of drug-likeness (QED) is 0.568. The van der Waals surface area contributed by atoms with E-state index in [1.165, 1.54) is 17.5 Å². The molecule has 1 aromatic heterocycles. The van der Waals surface area contributed by atoms with Gasteiger partial charge in [0.25, 0.3) is 0 Å². The maximum atomic E-state index is 5.15. The molecule has 1 aliphatic carbocycles. The molecule has 0 bridgehead atoms. The van der Waals surface area contributed by atoms with Gasteiger partial charge in [-0.2, -0.15) is 0 Å². The zero-order valence-corrected chi connectivity index (χ0v) is 9.41. The lowest BCUT2D eigenvalue weighted by atomic mass is 10.1. The Labute approximate surface area is 86.6 Å². The van der Waals surface area contributed by atoms with Crippen LogP contribution in [-0.2, 0) is 0 Å². The van der Waals surface area contributed by atoms with E-state index in [-0.39, 0.29) is 0 Å². The summed E-state index contributed by atoms with van der Waals surface area (Å²) < 4.78 is 1.77.